The fourth-order valence-electron chi connectivity index (χ4n) is 2.90. The zero-order chi connectivity index (χ0) is 13.2. The first-order valence-electron chi connectivity index (χ1n) is 6.86. The minimum Gasteiger partial charge on any atom is -0.378 e. The van der Waals surface area contributed by atoms with Gasteiger partial charge < -0.3 is 15.0 Å². The lowest BCUT2D eigenvalue weighted by Crippen LogP contribution is -2.50. The first-order valence-corrected chi connectivity index (χ1v) is 6.86. The molecule has 2 fully saturated rings. The zero-order valence-electron chi connectivity index (χ0n) is 11.8. The summed E-state index contributed by atoms with van der Waals surface area (Å²) in [6, 6.07) is 2.38. The Balaban J connectivity index is 1.77. The first kappa shape index (κ1) is 13.8. The third-order valence-corrected chi connectivity index (χ3v) is 4.53. The molecule has 1 unspecified atom stereocenters. The van der Waals surface area contributed by atoms with E-state index in [1.807, 2.05) is 0 Å². The number of hydrogen-bond acceptors (Lipinski definition) is 4. The van der Waals surface area contributed by atoms with Crippen LogP contribution in [0.5, 0.6) is 0 Å². The van der Waals surface area contributed by atoms with Crippen molar-refractivity contribution in [1.82, 2.24) is 10.2 Å². The summed E-state index contributed by atoms with van der Waals surface area (Å²) in [6.07, 6.45) is 1.29. The fourth-order valence-corrected chi connectivity index (χ4v) is 2.90. The molecule has 0 saturated carbocycles. The van der Waals surface area contributed by atoms with Crippen LogP contribution in [-0.2, 0) is 4.74 Å². The molecular formula is C14H25N3O. The third-order valence-electron chi connectivity index (χ3n) is 4.53. The summed E-state index contributed by atoms with van der Waals surface area (Å²) in [5, 5.41) is 12.6. The highest BCUT2D eigenvalue weighted by Gasteiger charge is 2.40. The highest BCUT2D eigenvalue weighted by Crippen LogP contribution is 2.33. The zero-order valence-corrected chi connectivity index (χ0v) is 11.8. The number of likely N-dealkylation sites (tertiary alicyclic amines) is 1. The maximum atomic E-state index is 9.14. The van der Waals surface area contributed by atoms with Gasteiger partial charge in [-0.25, -0.2) is 0 Å². The van der Waals surface area contributed by atoms with E-state index in [0.29, 0.717) is 18.6 Å². The van der Waals surface area contributed by atoms with Crippen molar-refractivity contribution in [3.63, 3.8) is 0 Å². The van der Waals surface area contributed by atoms with Crippen LogP contribution in [0.2, 0.25) is 0 Å². The van der Waals surface area contributed by atoms with Gasteiger partial charge in [0.2, 0.25) is 0 Å². The van der Waals surface area contributed by atoms with Gasteiger partial charge in [-0.05, 0) is 31.3 Å². The summed E-state index contributed by atoms with van der Waals surface area (Å²) in [6.45, 7) is 9.99. The van der Waals surface area contributed by atoms with Crippen LogP contribution in [-0.4, -0.2) is 51.3 Å². The second-order valence-corrected chi connectivity index (χ2v) is 6.72. The van der Waals surface area contributed by atoms with Crippen molar-refractivity contribution in [3.05, 3.63) is 0 Å². The van der Waals surface area contributed by atoms with Crippen molar-refractivity contribution in [2.45, 2.75) is 20.3 Å². The van der Waals surface area contributed by atoms with E-state index in [1.165, 1.54) is 19.5 Å². The van der Waals surface area contributed by atoms with Crippen molar-refractivity contribution in [2.75, 3.05) is 46.4 Å². The van der Waals surface area contributed by atoms with Crippen LogP contribution in [0.25, 0.3) is 0 Å². The molecule has 0 radical (unpaired) electrons. The average Bonchev–Trinajstić information content (AvgIpc) is 2.70. The summed E-state index contributed by atoms with van der Waals surface area (Å²) in [4.78, 5) is 2.41. The van der Waals surface area contributed by atoms with Crippen LogP contribution in [0.1, 0.15) is 20.3 Å². The predicted molar refractivity (Wildman–Crippen MR) is 71.1 cm³/mol. The van der Waals surface area contributed by atoms with E-state index in [9.17, 15) is 0 Å². The second kappa shape index (κ2) is 5.16. The van der Waals surface area contributed by atoms with Gasteiger partial charge in [-0.15, -0.1) is 0 Å². The van der Waals surface area contributed by atoms with Gasteiger partial charge in [0.05, 0.1) is 19.3 Å². The molecule has 18 heavy (non-hydrogen) atoms. The molecule has 0 bridgehead atoms. The molecule has 0 aromatic carbocycles. The number of nitriles is 1. The fraction of sp³-hybridized carbons (Fsp3) is 0.929. The maximum Gasteiger partial charge on any atom is 0.116 e. The first-order chi connectivity index (χ1) is 8.47. The van der Waals surface area contributed by atoms with E-state index in [0.717, 1.165) is 19.0 Å². The summed E-state index contributed by atoms with van der Waals surface area (Å²) in [5.74, 6) is 0.755. The van der Waals surface area contributed by atoms with E-state index in [4.69, 9.17) is 10.00 Å². The largest absolute Gasteiger partial charge is 0.378 e. The molecule has 0 spiro atoms. The molecule has 2 heterocycles. The molecular weight excluding hydrogens is 226 g/mol. The molecule has 0 aliphatic carbocycles. The maximum absolute atomic E-state index is 9.14. The van der Waals surface area contributed by atoms with Gasteiger partial charge in [0.15, 0.2) is 0 Å². The van der Waals surface area contributed by atoms with E-state index in [1.54, 1.807) is 0 Å². The van der Waals surface area contributed by atoms with Crippen molar-refractivity contribution in [3.8, 4) is 6.07 Å². The summed E-state index contributed by atoms with van der Waals surface area (Å²) < 4.78 is 5.16. The Hall–Kier alpha value is -0.630. The molecule has 2 rings (SSSR count). The number of rotatable bonds is 5. The molecule has 0 aromatic rings. The topological polar surface area (TPSA) is 48.3 Å². The Kier molecular flexibility index (Phi) is 3.96. The third kappa shape index (κ3) is 2.85. The smallest absolute Gasteiger partial charge is 0.116 e. The molecule has 1 atom stereocenters. The van der Waals surface area contributed by atoms with Gasteiger partial charge >= 0.3 is 0 Å². The monoisotopic (exact) mass is 251 g/mol. The number of nitrogens with one attached hydrogen (secondary N) is 1. The lowest BCUT2D eigenvalue weighted by Gasteiger charge is -2.37. The standard InChI is InChI=1S/C14H25N3O/c1-13(2,12-4-5-17(3)6-12)8-16-9-14(7-15)10-18-11-14/h12,16H,4-6,8-11H2,1-3H3. The van der Waals surface area contributed by atoms with Gasteiger partial charge in [0.25, 0.3) is 0 Å². The minimum atomic E-state index is -0.261. The second-order valence-electron chi connectivity index (χ2n) is 6.72. The summed E-state index contributed by atoms with van der Waals surface area (Å²) in [7, 11) is 2.19. The highest BCUT2D eigenvalue weighted by molar-refractivity contribution is 5.05. The van der Waals surface area contributed by atoms with Gasteiger partial charge in [0, 0.05) is 19.6 Å². The number of ether oxygens (including phenoxy) is 1. The molecule has 0 amide bonds. The van der Waals surface area contributed by atoms with Crippen molar-refractivity contribution >= 4 is 0 Å². The number of nitrogens with zero attached hydrogens (tertiary/aromatic N) is 2. The molecule has 0 aromatic heterocycles. The van der Waals surface area contributed by atoms with Crippen molar-refractivity contribution in [1.29, 1.82) is 5.26 Å². The number of hydrogen-bond donors (Lipinski definition) is 1. The SMILES string of the molecule is CN1CCC(C(C)(C)CNCC2(C#N)COC2)C1. The van der Waals surface area contributed by atoms with Crippen LogP contribution in [0.4, 0.5) is 0 Å². The van der Waals surface area contributed by atoms with Crippen molar-refractivity contribution < 1.29 is 4.74 Å². The molecule has 102 valence electrons. The van der Waals surface area contributed by atoms with Crippen LogP contribution in [0.15, 0.2) is 0 Å². The average molecular weight is 251 g/mol. The van der Waals surface area contributed by atoms with Gasteiger partial charge in [-0.3, -0.25) is 0 Å². The quantitative estimate of drug-likeness (QED) is 0.795. The predicted octanol–water partition coefficient (Wildman–Crippen LogP) is 1.09. The Morgan fingerprint density at radius 1 is 1.50 bits per heavy atom. The molecule has 2 aliphatic heterocycles. The Morgan fingerprint density at radius 3 is 2.67 bits per heavy atom. The van der Waals surface area contributed by atoms with Gasteiger partial charge in [0.1, 0.15) is 5.41 Å². The Labute approximate surface area is 110 Å². The Morgan fingerprint density at radius 2 is 2.22 bits per heavy atom. The van der Waals surface area contributed by atoms with E-state index < -0.39 is 0 Å². The van der Waals surface area contributed by atoms with Gasteiger partial charge in [-0.1, -0.05) is 13.8 Å². The summed E-state index contributed by atoms with van der Waals surface area (Å²) >= 11 is 0. The van der Waals surface area contributed by atoms with E-state index in [2.05, 4.69) is 37.2 Å². The Bertz CT molecular complexity index is 330. The normalized spacial score (nSPS) is 27.8. The van der Waals surface area contributed by atoms with Crippen LogP contribution in [0, 0.1) is 28.1 Å². The molecule has 4 heteroatoms. The highest BCUT2D eigenvalue weighted by atomic mass is 16.5. The molecule has 2 aliphatic rings. The van der Waals surface area contributed by atoms with Crippen LogP contribution >= 0.6 is 0 Å². The summed E-state index contributed by atoms with van der Waals surface area (Å²) in [5.41, 5.74) is 0.0363. The minimum absolute atomic E-state index is 0.261. The van der Waals surface area contributed by atoms with Crippen molar-refractivity contribution in [2.24, 2.45) is 16.7 Å². The van der Waals surface area contributed by atoms with E-state index >= 15 is 0 Å². The molecule has 4 nitrogen and oxygen atoms in total. The lowest BCUT2D eigenvalue weighted by molar-refractivity contribution is -0.0763. The molecule has 1 N–H and O–H groups in total. The lowest BCUT2D eigenvalue weighted by atomic mass is 9.77. The molecule has 2 saturated heterocycles. The van der Waals surface area contributed by atoms with E-state index in [-0.39, 0.29) is 5.41 Å². The van der Waals surface area contributed by atoms with Crippen LogP contribution in [0.3, 0.4) is 0 Å². The van der Waals surface area contributed by atoms with Gasteiger partial charge in [-0.2, -0.15) is 5.26 Å². The van der Waals surface area contributed by atoms with Crippen LogP contribution < -0.4 is 5.32 Å².